The third-order valence-electron chi connectivity index (χ3n) is 4.06. The molecular formula is C16H25NO3Si. The molecule has 0 radical (unpaired) electrons. The van der Waals surface area contributed by atoms with Crippen molar-refractivity contribution in [3.8, 4) is 17.6 Å². The first-order valence-corrected chi connectivity index (χ1v) is 9.87. The summed E-state index contributed by atoms with van der Waals surface area (Å²) in [5.41, 5.74) is 0.662. The van der Waals surface area contributed by atoms with Crippen LogP contribution < -0.4 is 9.47 Å². The fourth-order valence-corrected chi connectivity index (χ4v) is 2.87. The molecule has 4 nitrogen and oxygen atoms in total. The third-order valence-corrected chi connectivity index (χ3v) is 8.50. The summed E-state index contributed by atoms with van der Waals surface area (Å²) in [6.45, 7) is 10.7. The Kier molecular flexibility index (Phi) is 5.43. The van der Waals surface area contributed by atoms with E-state index in [4.69, 9.17) is 13.9 Å². The van der Waals surface area contributed by atoms with Gasteiger partial charge in [0.25, 0.3) is 0 Å². The molecule has 0 N–H and O–H groups in total. The molecule has 21 heavy (non-hydrogen) atoms. The second kappa shape index (κ2) is 6.50. The van der Waals surface area contributed by atoms with Crippen LogP contribution in [0.5, 0.6) is 11.5 Å². The molecule has 0 bridgehead atoms. The molecule has 1 unspecified atom stereocenters. The predicted molar refractivity (Wildman–Crippen MR) is 86.2 cm³/mol. The highest BCUT2D eigenvalue weighted by molar-refractivity contribution is 6.74. The van der Waals surface area contributed by atoms with E-state index < -0.39 is 14.4 Å². The smallest absolute Gasteiger partial charge is 0.194 e. The lowest BCUT2D eigenvalue weighted by Crippen LogP contribution is -2.41. The molecule has 0 fully saturated rings. The van der Waals surface area contributed by atoms with Crippen molar-refractivity contribution in [2.24, 2.45) is 0 Å². The van der Waals surface area contributed by atoms with Crippen molar-refractivity contribution in [3.05, 3.63) is 23.8 Å². The first kappa shape index (κ1) is 17.5. The van der Waals surface area contributed by atoms with E-state index in [2.05, 4.69) is 39.9 Å². The summed E-state index contributed by atoms with van der Waals surface area (Å²) in [6, 6.07) is 7.72. The van der Waals surface area contributed by atoms with Gasteiger partial charge in [-0.25, -0.2) is 0 Å². The highest BCUT2D eigenvalue weighted by atomic mass is 28.4. The summed E-state index contributed by atoms with van der Waals surface area (Å²) in [7, 11) is 1.09. The maximum absolute atomic E-state index is 9.58. The van der Waals surface area contributed by atoms with Gasteiger partial charge < -0.3 is 13.9 Å². The van der Waals surface area contributed by atoms with Crippen molar-refractivity contribution < 1.29 is 13.9 Å². The van der Waals surface area contributed by atoms with Crippen LogP contribution in [0.2, 0.25) is 18.1 Å². The van der Waals surface area contributed by atoms with Gasteiger partial charge in [0.05, 0.1) is 25.9 Å². The quantitative estimate of drug-likeness (QED) is 0.761. The highest BCUT2D eigenvalue weighted by Crippen LogP contribution is 2.43. The predicted octanol–water partition coefficient (Wildman–Crippen LogP) is 4.29. The van der Waals surface area contributed by atoms with Crippen molar-refractivity contribution in [3.63, 3.8) is 0 Å². The molecule has 5 heteroatoms. The first-order valence-electron chi connectivity index (χ1n) is 6.96. The van der Waals surface area contributed by atoms with E-state index in [0.29, 0.717) is 17.1 Å². The van der Waals surface area contributed by atoms with Crippen molar-refractivity contribution >= 4 is 8.32 Å². The molecule has 0 aliphatic heterocycles. The zero-order chi connectivity index (χ0) is 16.3. The van der Waals surface area contributed by atoms with Gasteiger partial charge in [-0.05, 0) is 30.3 Å². The lowest BCUT2D eigenvalue weighted by Gasteiger charge is -2.38. The molecule has 0 aliphatic rings. The number of ether oxygens (including phenoxy) is 2. The van der Waals surface area contributed by atoms with Gasteiger partial charge in [0.1, 0.15) is 11.5 Å². The number of rotatable bonds is 5. The summed E-state index contributed by atoms with van der Waals surface area (Å²) < 4.78 is 17.0. The molecule has 0 aliphatic carbocycles. The Bertz CT molecular complexity index is 507. The summed E-state index contributed by atoms with van der Waals surface area (Å²) in [5.74, 6) is 1.22. The van der Waals surface area contributed by atoms with Crippen molar-refractivity contribution in [1.29, 1.82) is 5.26 Å². The van der Waals surface area contributed by atoms with Crippen molar-refractivity contribution in [2.45, 2.75) is 45.0 Å². The van der Waals surface area contributed by atoms with E-state index in [1.54, 1.807) is 14.2 Å². The zero-order valence-corrected chi connectivity index (χ0v) is 15.0. The number of methoxy groups -OCH3 is 2. The van der Waals surface area contributed by atoms with E-state index >= 15 is 0 Å². The number of hydrogen-bond donors (Lipinski definition) is 0. The van der Waals surface area contributed by atoms with Crippen LogP contribution in [0.3, 0.4) is 0 Å². The monoisotopic (exact) mass is 307 g/mol. The lowest BCUT2D eigenvalue weighted by molar-refractivity contribution is 0.224. The summed E-state index contributed by atoms with van der Waals surface area (Å²) in [4.78, 5) is 0. The minimum Gasteiger partial charge on any atom is -0.496 e. The summed E-state index contributed by atoms with van der Waals surface area (Å²) in [6.07, 6.45) is -0.697. The highest BCUT2D eigenvalue weighted by Gasteiger charge is 2.40. The third kappa shape index (κ3) is 3.77. The fraction of sp³-hybridized carbons (Fsp3) is 0.562. The van der Waals surface area contributed by atoms with Gasteiger partial charge in [0.15, 0.2) is 14.4 Å². The first-order chi connectivity index (χ1) is 9.67. The molecule has 1 rings (SSSR count). The maximum atomic E-state index is 9.58. The second-order valence-corrected chi connectivity index (χ2v) is 11.2. The van der Waals surface area contributed by atoms with E-state index in [9.17, 15) is 5.26 Å². The van der Waals surface area contributed by atoms with Crippen molar-refractivity contribution in [2.75, 3.05) is 14.2 Å². The Labute approximate surface area is 128 Å². The molecule has 1 atom stereocenters. The molecule has 0 aromatic heterocycles. The molecule has 0 amide bonds. The van der Waals surface area contributed by atoms with E-state index in [0.717, 1.165) is 0 Å². The van der Waals surface area contributed by atoms with Crippen LogP contribution in [-0.4, -0.2) is 22.5 Å². The Morgan fingerprint density at radius 2 is 1.57 bits per heavy atom. The molecule has 0 spiro atoms. The van der Waals surface area contributed by atoms with Gasteiger partial charge in [-0.1, -0.05) is 26.8 Å². The van der Waals surface area contributed by atoms with Crippen LogP contribution >= 0.6 is 0 Å². The van der Waals surface area contributed by atoms with Gasteiger partial charge in [0.2, 0.25) is 0 Å². The normalized spacial score (nSPS) is 13.4. The number of nitrogens with zero attached hydrogens (tertiary/aromatic N) is 1. The Balaban J connectivity index is 3.27. The minimum absolute atomic E-state index is 0.0251. The summed E-state index contributed by atoms with van der Waals surface area (Å²) >= 11 is 0. The van der Waals surface area contributed by atoms with Gasteiger partial charge in [0, 0.05) is 0 Å². The van der Waals surface area contributed by atoms with Crippen LogP contribution in [0, 0.1) is 11.3 Å². The van der Waals surface area contributed by atoms with Crippen LogP contribution in [0.15, 0.2) is 18.2 Å². The van der Waals surface area contributed by atoms with E-state index in [-0.39, 0.29) is 5.04 Å². The van der Waals surface area contributed by atoms with Crippen LogP contribution in [0.4, 0.5) is 0 Å². The number of benzene rings is 1. The molecule has 0 saturated carbocycles. The Morgan fingerprint density at radius 1 is 1.10 bits per heavy atom. The molecule has 1 aromatic rings. The van der Waals surface area contributed by atoms with Crippen LogP contribution in [-0.2, 0) is 4.43 Å². The van der Waals surface area contributed by atoms with Gasteiger partial charge in [-0.3, -0.25) is 0 Å². The summed E-state index contributed by atoms with van der Waals surface area (Å²) in [5, 5.41) is 9.61. The average Bonchev–Trinajstić information content (AvgIpc) is 2.42. The largest absolute Gasteiger partial charge is 0.496 e. The van der Waals surface area contributed by atoms with Gasteiger partial charge in [-0.2, -0.15) is 5.26 Å². The van der Waals surface area contributed by atoms with Gasteiger partial charge >= 0.3 is 0 Å². The fourth-order valence-electron chi connectivity index (χ4n) is 1.76. The zero-order valence-electron chi connectivity index (χ0n) is 14.0. The standard InChI is InChI=1S/C16H25NO3Si/c1-16(2,3)21(6,7)20-14(11-17)15-12(18-4)9-8-10-13(15)19-5/h8-10,14H,1-7H3. The van der Waals surface area contributed by atoms with E-state index in [1.807, 2.05) is 18.2 Å². The lowest BCUT2D eigenvalue weighted by atomic mass is 10.1. The van der Waals surface area contributed by atoms with Gasteiger partial charge in [-0.15, -0.1) is 0 Å². The topological polar surface area (TPSA) is 51.5 Å². The second-order valence-electron chi connectivity index (χ2n) is 6.46. The van der Waals surface area contributed by atoms with E-state index in [1.165, 1.54) is 0 Å². The molecule has 116 valence electrons. The average molecular weight is 307 g/mol. The van der Waals surface area contributed by atoms with Crippen molar-refractivity contribution in [1.82, 2.24) is 0 Å². The molecule has 1 aromatic carbocycles. The van der Waals surface area contributed by atoms with Crippen LogP contribution in [0.25, 0.3) is 0 Å². The number of hydrogen-bond acceptors (Lipinski definition) is 4. The SMILES string of the molecule is COc1cccc(OC)c1C(C#N)O[Si](C)(C)C(C)(C)C. The molecular weight excluding hydrogens is 282 g/mol. The maximum Gasteiger partial charge on any atom is 0.194 e. The Hall–Kier alpha value is -1.51. The molecule has 0 heterocycles. The van der Waals surface area contributed by atoms with Crippen LogP contribution in [0.1, 0.15) is 32.4 Å². The minimum atomic E-state index is -2.08. The number of nitriles is 1. The molecule has 0 saturated heterocycles. The Morgan fingerprint density at radius 3 is 1.90 bits per heavy atom.